The van der Waals surface area contributed by atoms with Crippen molar-refractivity contribution in [2.75, 3.05) is 0 Å². The molecule has 0 aliphatic heterocycles. The van der Waals surface area contributed by atoms with Crippen molar-refractivity contribution in [2.45, 2.75) is 33.1 Å². The normalized spacial score (nSPS) is 22.5. The first-order valence-electron chi connectivity index (χ1n) is 4.68. The third kappa shape index (κ3) is 3.56. The molecule has 0 aromatic carbocycles. The Kier molecular flexibility index (Phi) is 3.33. The summed E-state index contributed by atoms with van der Waals surface area (Å²) in [5.74, 6) is 0. The topological polar surface area (TPSA) is 0 Å². The van der Waals surface area contributed by atoms with Gasteiger partial charge in [0.25, 0.3) is 0 Å². The largest absolute Gasteiger partial charge is 0.0874 e. The van der Waals surface area contributed by atoms with Crippen LogP contribution in [0.15, 0.2) is 36.5 Å². The van der Waals surface area contributed by atoms with Crippen LogP contribution < -0.4 is 0 Å². The van der Waals surface area contributed by atoms with E-state index in [0.29, 0.717) is 5.41 Å². The lowest BCUT2D eigenvalue weighted by Gasteiger charge is -2.17. The van der Waals surface area contributed by atoms with Gasteiger partial charge in [0.2, 0.25) is 0 Å². The van der Waals surface area contributed by atoms with Gasteiger partial charge in [0.05, 0.1) is 0 Å². The fourth-order valence-corrected chi connectivity index (χ4v) is 1.29. The van der Waals surface area contributed by atoms with Crippen molar-refractivity contribution in [3.63, 3.8) is 0 Å². The molecule has 0 spiro atoms. The van der Waals surface area contributed by atoms with Crippen LogP contribution in [0.3, 0.4) is 0 Å². The summed E-state index contributed by atoms with van der Waals surface area (Å²) in [4.78, 5) is 0. The first kappa shape index (κ1) is 9.31. The fourth-order valence-electron chi connectivity index (χ4n) is 1.29. The highest BCUT2D eigenvalue weighted by Gasteiger charge is 2.10. The van der Waals surface area contributed by atoms with Gasteiger partial charge in [0, 0.05) is 0 Å². The Bertz CT molecular complexity index is 204. The first-order chi connectivity index (χ1) is 5.71. The van der Waals surface area contributed by atoms with E-state index in [2.05, 4.69) is 50.3 Å². The fraction of sp³-hybridized carbons (Fsp3) is 0.500. The van der Waals surface area contributed by atoms with Crippen molar-refractivity contribution in [1.29, 1.82) is 0 Å². The molecule has 0 fully saturated rings. The van der Waals surface area contributed by atoms with E-state index in [4.69, 9.17) is 0 Å². The lowest BCUT2D eigenvalue weighted by molar-refractivity contribution is 0.487. The summed E-state index contributed by atoms with van der Waals surface area (Å²) in [6.07, 6.45) is 16.9. The highest BCUT2D eigenvalue weighted by molar-refractivity contribution is 5.05. The molecule has 1 aliphatic rings. The zero-order valence-electron chi connectivity index (χ0n) is 8.09. The summed E-state index contributed by atoms with van der Waals surface area (Å²) in [5.41, 5.74) is 0.335. The standard InChI is InChI=1S/C12H18/c1-12(2)10-8-6-4-3-5-7-9-11-12/h3-4,7-10H,5-6,11H2,1-2H3. The molecule has 0 nitrogen and oxygen atoms in total. The van der Waals surface area contributed by atoms with E-state index in [1.54, 1.807) is 0 Å². The molecule has 0 amide bonds. The van der Waals surface area contributed by atoms with Crippen molar-refractivity contribution in [3.05, 3.63) is 36.5 Å². The second-order valence-electron chi connectivity index (χ2n) is 4.01. The molecule has 0 unspecified atom stereocenters. The molecule has 0 saturated carbocycles. The van der Waals surface area contributed by atoms with Crippen LogP contribution in [0.1, 0.15) is 33.1 Å². The minimum atomic E-state index is 0.335. The van der Waals surface area contributed by atoms with Crippen molar-refractivity contribution < 1.29 is 0 Å². The van der Waals surface area contributed by atoms with Gasteiger partial charge < -0.3 is 0 Å². The summed E-state index contributed by atoms with van der Waals surface area (Å²) in [6, 6.07) is 0. The van der Waals surface area contributed by atoms with Crippen LogP contribution >= 0.6 is 0 Å². The van der Waals surface area contributed by atoms with Gasteiger partial charge in [0.15, 0.2) is 0 Å². The summed E-state index contributed by atoms with van der Waals surface area (Å²) in [6.45, 7) is 4.55. The van der Waals surface area contributed by atoms with E-state index in [9.17, 15) is 0 Å². The van der Waals surface area contributed by atoms with Crippen LogP contribution in [0.5, 0.6) is 0 Å². The maximum Gasteiger partial charge on any atom is -0.0140 e. The van der Waals surface area contributed by atoms with Gasteiger partial charge in [0.1, 0.15) is 0 Å². The summed E-state index contributed by atoms with van der Waals surface area (Å²) in [7, 11) is 0. The molecule has 0 aromatic rings. The van der Waals surface area contributed by atoms with E-state index in [1.807, 2.05) is 0 Å². The minimum absolute atomic E-state index is 0.335. The monoisotopic (exact) mass is 162 g/mol. The van der Waals surface area contributed by atoms with Gasteiger partial charge in [-0.3, -0.25) is 0 Å². The lowest BCUT2D eigenvalue weighted by atomic mass is 9.88. The molecule has 0 radical (unpaired) electrons. The molecule has 66 valence electrons. The molecule has 12 heavy (non-hydrogen) atoms. The molecule has 0 heterocycles. The summed E-state index contributed by atoms with van der Waals surface area (Å²) in [5, 5.41) is 0. The van der Waals surface area contributed by atoms with E-state index in [-0.39, 0.29) is 0 Å². The van der Waals surface area contributed by atoms with Gasteiger partial charge in [-0.25, -0.2) is 0 Å². The van der Waals surface area contributed by atoms with Crippen molar-refractivity contribution >= 4 is 0 Å². The molecule has 1 rings (SSSR count). The lowest BCUT2D eigenvalue weighted by Crippen LogP contribution is -2.05. The predicted octanol–water partition coefficient (Wildman–Crippen LogP) is 3.87. The van der Waals surface area contributed by atoms with Crippen LogP contribution in [0.2, 0.25) is 0 Å². The van der Waals surface area contributed by atoms with Gasteiger partial charge in [-0.1, -0.05) is 50.3 Å². The van der Waals surface area contributed by atoms with Crippen LogP contribution in [0.4, 0.5) is 0 Å². The van der Waals surface area contributed by atoms with Gasteiger partial charge >= 0.3 is 0 Å². The molecule has 0 bridgehead atoms. The molecule has 0 N–H and O–H groups in total. The van der Waals surface area contributed by atoms with Crippen LogP contribution in [-0.2, 0) is 0 Å². The zero-order valence-corrected chi connectivity index (χ0v) is 8.09. The number of hydrogen-bond acceptors (Lipinski definition) is 0. The average molecular weight is 162 g/mol. The van der Waals surface area contributed by atoms with Gasteiger partial charge in [-0.15, -0.1) is 0 Å². The predicted molar refractivity (Wildman–Crippen MR) is 55.1 cm³/mol. The quantitative estimate of drug-likeness (QED) is 0.474. The summed E-state index contributed by atoms with van der Waals surface area (Å²) >= 11 is 0. The number of rotatable bonds is 0. The molecule has 0 saturated heterocycles. The zero-order chi connectivity index (χ0) is 8.86. The Morgan fingerprint density at radius 3 is 2.17 bits per heavy atom. The van der Waals surface area contributed by atoms with Crippen molar-refractivity contribution in [1.82, 2.24) is 0 Å². The molecule has 0 atom stereocenters. The highest BCUT2D eigenvalue weighted by Crippen LogP contribution is 2.23. The SMILES string of the molecule is CC1(C)C=CCC=CCC=CC1. The number of allylic oxidation sites excluding steroid dienone is 6. The average Bonchev–Trinajstić information content (AvgIpc) is 2.02. The molecular formula is C12H18. The third-order valence-corrected chi connectivity index (χ3v) is 2.09. The molecule has 0 aromatic heterocycles. The van der Waals surface area contributed by atoms with E-state index < -0.39 is 0 Å². The van der Waals surface area contributed by atoms with E-state index in [1.165, 1.54) is 0 Å². The molecule has 1 aliphatic carbocycles. The van der Waals surface area contributed by atoms with Gasteiger partial charge in [-0.05, 0) is 24.7 Å². The number of hydrogen-bond donors (Lipinski definition) is 0. The second-order valence-corrected chi connectivity index (χ2v) is 4.01. The van der Waals surface area contributed by atoms with Gasteiger partial charge in [-0.2, -0.15) is 0 Å². The van der Waals surface area contributed by atoms with E-state index in [0.717, 1.165) is 19.3 Å². The summed E-state index contributed by atoms with van der Waals surface area (Å²) < 4.78 is 0. The smallest absolute Gasteiger partial charge is 0.0140 e. The third-order valence-electron chi connectivity index (χ3n) is 2.09. The van der Waals surface area contributed by atoms with E-state index >= 15 is 0 Å². The maximum absolute atomic E-state index is 2.31. The Labute approximate surface area is 75.7 Å². The molecule has 0 heteroatoms. The Hall–Kier alpha value is -0.780. The Morgan fingerprint density at radius 1 is 0.833 bits per heavy atom. The minimum Gasteiger partial charge on any atom is -0.0874 e. The van der Waals surface area contributed by atoms with Crippen LogP contribution in [0.25, 0.3) is 0 Å². The van der Waals surface area contributed by atoms with Crippen molar-refractivity contribution in [3.8, 4) is 0 Å². The van der Waals surface area contributed by atoms with Crippen LogP contribution in [-0.4, -0.2) is 0 Å². The highest BCUT2D eigenvalue weighted by atomic mass is 14.1. The maximum atomic E-state index is 2.31. The van der Waals surface area contributed by atoms with Crippen LogP contribution in [0, 0.1) is 5.41 Å². The van der Waals surface area contributed by atoms with Crippen molar-refractivity contribution in [2.24, 2.45) is 5.41 Å². The Morgan fingerprint density at radius 2 is 1.42 bits per heavy atom. The Balaban J connectivity index is 2.64. The first-order valence-corrected chi connectivity index (χ1v) is 4.68. The molecular weight excluding hydrogens is 144 g/mol. The second kappa shape index (κ2) is 4.30.